The first-order valence-electron chi connectivity index (χ1n) is 11.5. The standard InChI is InChI=1S/C24H28N6O6S/c25-22(34)17(10-15-4-2-1-3-5-15)29-24(36)19-11-16(28-23(35)18-12-26-7-8-27-18)6-9-30(19)20(31)13-37-14-21(32)33/h1-5,7-8,12,16-17,19H,6,9-11,13-14H2,(H2,25,34)(H,28,35)(H,29,36)(H,32,33). The fourth-order valence-electron chi connectivity index (χ4n) is 3.97. The van der Waals surface area contributed by atoms with Crippen LogP contribution in [0.3, 0.4) is 0 Å². The maximum atomic E-state index is 13.4. The zero-order valence-electron chi connectivity index (χ0n) is 19.9. The molecule has 0 aliphatic carbocycles. The number of carboxylic acid groups (broad SMARTS) is 1. The van der Waals surface area contributed by atoms with E-state index >= 15 is 0 Å². The summed E-state index contributed by atoms with van der Waals surface area (Å²) >= 11 is 0.925. The minimum absolute atomic E-state index is 0.0873. The van der Waals surface area contributed by atoms with E-state index in [1.165, 1.54) is 23.5 Å². The number of amides is 4. The van der Waals surface area contributed by atoms with Crippen LogP contribution >= 0.6 is 11.8 Å². The van der Waals surface area contributed by atoms with Crippen LogP contribution in [0.5, 0.6) is 0 Å². The summed E-state index contributed by atoms with van der Waals surface area (Å²) < 4.78 is 0. The Balaban J connectivity index is 1.73. The quantitative estimate of drug-likeness (QED) is 0.301. The smallest absolute Gasteiger partial charge is 0.313 e. The van der Waals surface area contributed by atoms with Gasteiger partial charge < -0.3 is 26.4 Å². The number of likely N-dealkylation sites (tertiary alicyclic amines) is 1. The van der Waals surface area contributed by atoms with Crippen molar-refractivity contribution in [1.82, 2.24) is 25.5 Å². The number of nitrogens with zero attached hydrogens (tertiary/aromatic N) is 3. The fourth-order valence-corrected chi connectivity index (χ4v) is 4.59. The molecule has 12 nitrogen and oxygen atoms in total. The summed E-state index contributed by atoms with van der Waals surface area (Å²) in [7, 11) is 0. The van der Waals surface area contributed by atoms with Gasteiger partial charge in [-0.25, -0.2) is 4.98 Å². The summed E-state index contributed by atoms with van der Waals surface area (Å²) in [6.07, 6.45) is 4.77. The van der Waals surface area contributed by atoms with Gasteiger partial charge in [0, 0.05) is 31.4 Å². The maximum absolute atomic E-state index is 13.4. The van der Waals surface area contributed by atoms with E-state index < -0.39 is 47.7 Å². The number of carboxylic acids is 1. The van der Waals surface area contributed by atoms with E-state index in [1.807, 2.05) is 6.07 Å². The number of aliphatic carboxylic acids is 1. The highest BCUT2D eigenvalue weighted by Gasteiger charge is 2.38. The van der Waals surface area contributed by atoms with E-state index in [1.54, 1.807) is 24.3 Å². The second-order valence-corrected chi connectivity index (χ2v) is 9.41. The molecular formula is C24H28N6O6S. The number of rotatable bonds is 11. The molecule has 3 unspecified atom stereocenters. The number of thioether (sulfide) groups is 1. The van der Waals surface area contributed by atoms with E-state index in [9.17, 15) is 24.0 Å². The Kier molecular flexibility index (Phi) is 9.95. The van der Waals surface area contributed by atoms with Gasteiger partial charge in [0.1, 0.15) is 17.8 Å². The van der Waals surface area contributed by atoms with E-state index in [0.717, 1.165) is 17.3 Å². The van der Waals surface area contributed by atoms with Gasteiger partial charge in [-0.15, -0.1) is 11.8 Å². The molecule has 0 saturated carbocycles. The fraction of sp³-hybridized carbons (Fsp3) is 0.375. The molecule has 1 aliphatic rings. The molecule has 1 aromatic heterocycles. The molecule has 1 aromatic carbocycles. The van der Waals surface area contributed by atoms with E-state index in [-0.39, 0.29) is 36.6 Å². The van der Waals surface area contributed by atoms with Gasteiger partial charge in [0.25, 0.3) is 5.91 Å². The summed E-state index contributed by atoms with van der Waals surface area (Å²) in [6, 6.07) is 6.56. The predicted octanol–water partition coefficient (Wildman–Crippen LogP) is -0.403. The van der Waals surface area contributed by atoms with Crippen LogP contribution in [-0.4, -0.2) is 85.7 Å². The topological polar surface area (TPSA) is 185 Å². The number of carbonyl (C=O) groups excluding carboxylic acids is 4. The highest BCUT2D eigenvalue weighted by Crippen LogP contribution is 2.20. The Hall–Kier alpha value is -4.00. The van der Waals surface area contributed by atoms with Crippen molar-refractivity contribution < 1.29 is 29.1 Å². The van der Waals surface area contributed by atoms with Gasteiger partial charge in [-0.3, -0.25) is 29.0 Å². The van der Waals surface area contributed by atoms with Crippen molar-refractivity contribution in [2.24, 2.45) is 5.73 Å². The number of aromatic nitrogens is 2. The van der Waals surface area contributed by atoms with Gasteiger partial charge in [-0.2, -0.15) is 0 Å². The number of benzene rings is 1. The van der Waals surface area contributed by atoms with Gasteiger partial charge in [-0.05, 0) is 18.4 Å². The molecule has 0 radical (unpaired) electrons. The minimum atomic E-state index is -1.05. The molecular weight excluding hydrogens is 500 g/mol. The monoisotopic (exact) mass is 528 g/mol. The lowest BCUT2D eigenvalue weighted by Gasteiger charge is -2.39. The molecule has 196 valence electrons. The molecule has 3 rings (SSSR count). The predicted molar refractivity (Wildman–Crippen MR) is 134 cm³/mol. The van der Waals surface area contributed by atoms with E-state index in [0.29, 0.717) is 6.42 Å². The Bertz CT molecular complexity index is 1120. The second kappa shape index (κ2) is 13.3. The van der Waals surface area contributed by atoms with Crippen LogP contribution in [0, 0.1) is 0 Å². The van der Waals surface area contributed by atoms with E-state index in [2.05, 4.69) is 20.6 Å². The number of nitrogens with one attached hydrogen (secondary N) is 2. The number of primary amides is 1. The number of hydrogen-bond acceptors (Lipinski definition) is 8. The number of piperidine rings is 1. The first-order valence-corrected chi connectivity index (χ1v) is 12.7. The summed E-state index contributed by atoms with van der Waals surface area (Å²) in [5.74, 6) is -3.63. The molecule has 4 amide bonds. The highest BCUT2D eigenvalue weighted by atomic mass is 32.2. The van der Waals surface area contributed by atoms with E-state index in [4.69, 9.17) is 10.8 Å². The van der Waals surface area contributed by atoms with Gasteiger partial charge in [0.15, 0.2) is 0 Å². The summed E-state index contributed by atoms with van der Waals surface area (Å²) in [5, 5.41) is 14.3. The summed E-state index contributed by atoms with van der Waals surface area (Å²) in [5.41, 5.74) is 6.45. The van der Waals surface area contributed by atoms with Crippen LogP contribution in [-0.2, 0) is 25.6 Å². The maximum Gasteiger partial charge on any atom is 0.313 e. The lowest BCUT2D eigenvalue weighted by molar-refractivity contribution is -0.141. The minimum Gasteiger partial charge on any atom is -0.481 e. The molecule has 37 heavy (non-hydrogen) atoms. The Morgan fingerprint density at radius 2 is 1.89 bits per heavy atom. The lowest BCUT2D eigenvalue weighted by Crippen LogP contribution is -2.60. The molecule has 5 N–H and O–H groups in total. The third kappa shape index (κ3) is 8.27. The molecule has 0 bridgehead atoms. The number of nitrogens with two attached hydrogens (primary N) is 1. The molecule has 13 heteroatoms. The molecule has 1 fully saturated rings. The van der Waals surface area contributed by atoms with Crippen molar-refractivity contribution >= 4 is 41.4 Å². The van der Waals surface area contributed by atoms with Gasteiger partial charge in [0.05, 0.1) is 17.7 Å². The highest BCUT2D eigenvalue weighted by molar-refractivity contribution is 8.00. The van der Waals surface area contributed by atoms with Crippen molar-refractivity contribution in [1.29, 1.82) is 0 Å². The van der Waals surface area contributed by atoms with Crippen molar-refractivity contribution in [3.8, 4) is 0 Å². The van der Waals surface area contributed by atoms with Crippen molar-refractivity contribution in [2.45, 2.75) is 37.4 Å². The van der Waals surface area contributed by atoms with Crippen molar-refractivity contribution in [3.05, 3.63) is 60.2 Å². The number of hydrogen-bond donors (Lipinski definition) is 4. The SMILES string of the molecule is NC(=O)C(Cc1ccccc1)NC(=O)C1CC(NC(=O)c2cnccn2)CCN1C(=O)CSCC(=O)O. The second-order valence-electron chi connectivity index (χ2n) is 8.43. The van der Waals surface area contributed by atoms with Crippen LogP contribution in [0.25, 0.3) is 0 Å². The van der Waals surface area contributed by atoms with Gasteiger partial charge >= 0.3 is 5.97 Å². The summed E-state index contributed by atoms with van der Waals surface area (Å²) in [6.45, 7) is 0.149. The van der Waals surface area contributed by atoms with Crippen LogP contribution in [0.15, 0.2) is 48.9 Å². The average Bonchev–Trinajstić information content (AvgIpc) is 2.89. The Morgan fingerprint density at radius 3 is 2.54 bits per heavy atom. The van der Waals surface area contributed by atoms with Gasteiger partial charge in [-0.1, -0.05) is 30.3 Å². The molecule has 2 aromatic rings. The lowest BCUT2D eigenvalue weighted by atomic mass is 9.95. The molecule has 3 atom stereocenters. The largest absolute Gasteiger partial charge is 0.481 e. The van der Waals surface area contributed by atoms with Crippen LogP contribution in [0.4, 0.5) is 0 Å². The molecule has 2 heterocycles. The average molecular weight is 529 g/mol. The molecule has 1 aliphatic heterocycles. The normalized spacial score (nSPS) is 17.9. The Labute approximate surface area is 217 Å². The van der Waals surface area contributed by atoms with Crippen molar-refractivity contribution in [3.63, 3.8) is 0 Å². The van der Waals surface area contributed by atoms with Crippen molar-refractivity contribution in [2.75, 3.05) is 18.1 Å². The molecule has 1 saturated heterocycles. The van der Waals surface area contributed by atoms with Crippen LogP contribution in [0.1, 0.15) is 28.9 Å². The third-order valence-electron chi connectivity index (χ3n) is 5.75. The first-order chi connectivity index (χ1) is 17.7. The van der Waals surface area contributed by atoms with Crippen LogP contribution < -0.4 is 16.4 Å². The zero-order chi connectivity index (χ0) is 26.8. The van der Waals surface area contributed by atoms with Crippen LogP contribution in [0.2, 0.25) is 0 Å². The Morgan fingerprint density at radius 1 is 1.14 bits per heavy atom. The van der Waals surface area contributed by atoms with Gasteiger partial charge in [0.2, 0.25) is 17.7 Å². The summed E-state index contributed by atoms with van der Waals surface area (Å²) in [4.78, 5) is 70.9. The first kappa shape index (κ1) is 27.6. The zero-order valence-corrected chi connectivity index (χ0v) is 20.7. The number of carbonyl (C=O) groups is 5. The third-order valence-corrected chi connectivity index (χ3v) is 6.65. The molecule has 0 spiro atoms.